The van der Waals surface area contributed by atoms with Crippen LogP contribution < -0.4 is 9.64 Å². The number of piperidine rings is 1. The maximum absolute atomic E-state index is 14.5. The highest BCUT2D eigenvalue weighted by Gasteiger charge is 2.37. The van der Waals surface area contributed by atoms with E-state index < -0.39 is 17.7 Å². The number of imidazole rings is 1. The normalized spacial score (nSPS) is 21.3. The van der Waals surface area contributed by atoms with E-state index in [1.54, 1.807) is 6.07 Å². The number of halogens is 1. The number of aryl methyl sites for hydroxylation is 1. The number of benzene rings is 2. The Kier molecular flexibility index (Phi) is 9.06. The Morgan fingerprint density at radius 2 is 1.85 bits per heavy atom. The molecular weight excluding hydrogens is 597 g/mol. The largest absolute Gasteiger partial charge is 0.490 e. The molecule has 0 aliphatic carbocycles. The molecule has 2 aromatic carbocycles. The van der Waals surface area contributed by atoms with Crippen molar-refractivity contribution < 1.29 is 28.5 Å². The summed E-state index contributed by atoms with van der Waals surface area (Å²) < 4.78 is 35.5. The molecule has 2 atom stereocenters. The summed E-state index contributed by atoms with van der Waals surface area (Å²) in [5.41, 5.74) is 5.24. The van der Waals surface area contributed by atoms with Crippen LogP contribution in [0.25, 0.3) is 28.0 Å². The van der Waals surface area contributed by atoms with E-state index in [1.165, 1.54) is 12.1 Å². The third kappa shape index (κ3) is 7.16. The molecule has 0 unspecified atom stereocenters. The molecule has 250 valence electrons. The Hall–Kier alpha value is -3.95. The summed E-state index contributed by atoms with van der Waals surface area (Å²) in [4.78, 5) is 20.3. The molecule has 0 saturated carbocycles. The van der Waals surface area contributed by atoms with E-state index in [4.69, 9.17) is 19.2 Å². The SMILES string of the molecule is Cc1cn2cc3nc2c(c1[C@H](OC(C)(C)C)C(=O)O)N1CCC(C)(CC1)OCCCC[C@H](C)Oc1cc(F)ccc1-c1cccc-3c1. The van der Waals surface area contributed by atoms with Crippen LogP contribution in [0.2, 0.25) is 0 Å². The minimum atomic E-state index is -1.17. The summed E-state index contributed by atoms with van der Waals surface area (Å²) in [6, 6.07) is 12.7. The average molecular weight is 644 g/mol. The second-order valence-electron chi connectivity index (χ2n) is 14.3. The van der Waals surface area contributed by atoms with Gasteiger partial charge in [0, 0.05) is 54.8 Å². The standard InChI is InChI=1S/C38H46FN3O5/c1-24-22-42-23-30-27-12-9-11-26(20-27)29-14-13-28(39)21-31(29)46-25(2)10-7-8-19-45-38(6)15-17-41(18-16-38)33(35(42)40-30)32(24)34(36(43)44)47-37(3,4)5/h9,11-14,20-23,25,34H,7-8,10,15-19H2,1-6H3,(H,43,44)/t25-,34-/m0/s1. The first kappa shape index (κ1) is 33.0. The number of fused-ring (bicyclic) bond motifs is 8. The summed E-state index contributed by atoms with van der Waals surface area (Å²) in [6.07, 6.45) is 6.91. The first-order valence-electron chi connectivity index (χ1n) is 16.7. The lowest BCUT2D eigenvalue weighted by Gasteiger charge is -2.41. The smallest absolute Gasteiger partial charge is 0.337 e. The summed E-state index contributed by atoms with van der Waals surface area (Å²) >= 11 is 0. The van der Waals surface area contributed by atoms with Crippen LogP contribution >= 0.6 is 0 Å². The van der Waals surface area contributed by atoms with Crippen molar-refractivity contribution in [2.45, 2.75) is 97.1 Å². The van der Waals surface area contributed by atoms with Crippen LogP contribution in [0.1, 0.15) is 84.0 Å². The number of anilines is 1. The van der Waals surface area contributed by atoms with Gasteiger partial charge in [0.25, 0.3) is 0 Å². The average Bonchev–Trinajstić information content (AvgIpc) is 3.43. The maximum atomic E-state index is 14.5. The van der Waals surface area contributed by atoms with Gasteiger partial charge in [-0.3, -0.25) is 0 Å². The van der Waals surface area contributed by atoms with E-state index in [0.29, 0.717) is 36.7 Å². The second kappa shape index (κ2) is 12.9. The van der Waals surface area contributed by atoms with Gasteiger partial charge in [-0.05, 0) is 103 Å². The van der Waals surface area contributed by atoms with Crippen molar-refractivity contribution in [2.24, 2.45) is 0 Å². The van der Waals surface area contributed by atoms with Gasteiger partial charge in [-0.15, -0.1) is 0 Å². The van der Waals surface area contributed by atoms with Crippen molar-refractivity contribution in [3.05, 3.63) is 71.8 Å². The van der Waals surface area contributed by atoms with Crippen molar-refractivity contribution in [1.29, 1.82) is 0 Å². The lowest BCUT2D eigenvalue weighted by atomic mass is 9.91. The van der Waals surface area contributed by atoms with Crippen LogP contribution in [0.5, 0.6) is 5.75 Å². The van der Waals surface area contributed by atoms with Crippen LogP contribution in [0.4, 0.5) is 10.1 Å². The van der Waals surface area contributed by atoms with Crippen LogP contribution in [-0.4, -0.2) is 57.5 Å². The van der Waals surface area contributed by atoms with Crippen LogP contribution in [0, 0.1) is 12.7 Å². The third-order valence-electron chi connectivity index (χ3n) is 9.25. The number of aromatic nitrogens is 2. The zero-order valence-electron chi connectivity index (χ0n) is 28.3. The molecule has 6 bridgehead atoms. The van der Waals surface area contributed by atoms with E-state index >= 15 is 0 Å². The zero-order valence-corrected chi connectivity index (χ0v) is 28.3. The molecular formula is C38H46FN3O5. The van der Waals surface area contributed by atoms with Gasteiger partial charge in [0.1, 0.15) is 11.6 Å². The fraction of sp³-hybridized carbons (Fsp3) is 0.474. The van der Waals surface area contributed by atoms with Crippen LogP contribution in [-0.2, 0) is 14.3 Å². The number of nitrogens with zero attached hydrogens (tertiary/aromatic N) is 3. The summed E-state index contributed by atoms with van der Waals surface area (Å²) in [5, 5.41) is 10.5. The molecule has 4 aromatic rings. The van der Waals surface area contributed by atoms with Crippen molar-refractivity contribution in [3.8, 4) is 28.1 Å². The molecule has 7 rings (SSSR count). The monoisotopic (exact) mass is 643 g/mol. The number of hydrogen-bond acceptors (Lipinski definition) is 6. The van der Waals surface area contributed by atoms with E-state index in [0.717, 1.165) is 65.7 Å². The number of carboxylic acids is 1. The highest BCUT2D eigenvalue weighted by molar-refractivity contribution is 5.85. The Bertz CT molecular complexity index is 1770. The van der Waals surface area contributed by atoms with Gasteiger partial charge in [0.2, 0.25) is 0 Å². The quantitative estimate of drug-likeness (QED) is 0.240. The molecule has 0 amide bonds. The van der Waals surface area contributed by atoms with Crippen molar-refractivity contribution in [2.75, 3.05) is 24.6 Å². The highest BCUT2D eigenvalue weighted by atomic mass is 19.1. The first-order valence-corrected chi connectivity index (χ1v) is 16.7. The molecule has 5 heterocycles. The lowest BCUT2D eigenvalue weighted by molar-refractivity contribution is -0.160. The summed E-state index contributed by atoms with van der Waals surface area (Å²) in [6.45, 7) is 13.8. The summed E-state index contributed by atoms with van der Waals surface area (Å²) in [5.74, 6) is -0.872. The Balaban J connectivity index is 1.53. The molecule has 9 heteroatoms. The molecule has 8 nitrogen and oxygen atoms in total. The lowest BCUT2D eigenvalue weighted by Crippen LogP contribution is -2.45. The number of carbonyl (C=O) groups is 1. The predicted molar refractivity (Wildman–Crippen MR) is 182 cm³/mol. The van der Waals surface area contributed by atoms with Gasteiger partial charge in [-0.25, -0.2) is 14.2 Å². The number of aliphatic carboxylic acids is 1. The fourth-order valence-corrected chi connectivity index (χ4v) is 6.77. The maximum Gasteiger partial charge on any atom is 0.337 e. The minimum Gasteiger partial charge on any atom is -0.490 e. The predicted octanol–water partition coefficient (Wildman–Crippen LogP) is 8.38. The van der Waals surface area contributed by atoms with Crippen molar-refractivity contribution in [3.63, 3.8) is 0 Å². The van der Waals surface area contributed by atoms with E-state index in [-0.39, 0.29) is 17.5 Å². The van der Waals surface area contributed by atoms with E-state index in [1.807, 2.05) is 75.7 Å². The molecule has 0 spiro atoms. The Morgan fingerprint density at radius 3 is 2.57 bits per heavy atom. The van der Waals surface area contributed by atoms with Gasteiger partial charge in [-0.1, -0.05) is 18.2 Å². The molecule has 3 aliphatic heterocycles. The van der Waals surface area contributed by atoms with E-state index in [2.05, 4.69) is 11.8 Å². The van der Waals surface area contributed by atoms with Gasteiger partial charge in [-0.2, -0.15) is 0 Å². The number of ether oxygens (including phenoxy) is 3. The van der Waals surface area contributed by atoms with Gasteiger partial charge in [0.15, 0.2) is 11.8 Å². The first-order chi connectivity index (χ1) is 22.3. The number of rotatable bonds is 3. The number of carboxylic acid groups (broad SMARTS) is 1. The zero-order chi connectivity index (χ0) is 33.5. The van der Waals surface area contributed by atoms with Crippen molar-refractivity contribution >= 4 is 17.3 Å². The number of pyridine rings is 1. The second-order valence-corrected chi connectivity index (χ2v) is 14.3. The molecule has 1 fully saturated rings. The minimum absolute atomic E-state index is 0.0886. The van der Waals surface area contributed by atoms with Gasteiger partial charge in [0.05, 0.1) is 28.7 Å². The van der Waals surface area contributed by atoms with Crippen molar-refractivity contribution in [1.82, 2.24) is 9.38 Å². The third-order valence-corrected chi connectivity index (χ3v) is 9.25. The molecule has 1 saturated heterocycles. The summed E-state index contributed by atoms with van der Waals surface area (Å²) in [7, 11) is 0. The number of hydrogen-bond donors (Lipinski definition) is 1. The molecule has 0 radical (unpaired) electrons. The Morgan fingerprint density at radius 1 is 1.11 bits per heavy atom. The highest BCUT2D eigenvalue weighted by Crippen LogP contribution is 2.41. The molecule has 2 aromatic heterocycles. The topological polar surface area (TPSA) is 85.5 Å². The van der Waals surface area contributed by atoms with Crippen LogP contribution in [0.3, 0.4) is 0 Å². The van der Waals surface area contributed by atoms with Gasteiger partial charge < -0.3 is 28.6 Å². The fourth-order valence-electron chi connectivity index (χ4n) is 6.77. The molecule has 3 aliphatic rings. The Labute approximate surface area is 276 Å². The molecule has 1 N–H and O–H groups in total. The van der Waals surface area contributed by atoms with E-state index in [9.17, 15) is 14.3 Å². The van der Waals surface area contributed by atoms with Gasteiger partial charge >= 0.3 is 5.97 Å². The molecule has 47 heavy (non-hydrogen) atoms. The van der Waals surface area contributed by atoms with Crippen LogP contribution in [0.15, 0.2) is 54.9 Å².